The lowest BCUT2D eigenvalue weighted by Crippen LogP contribution is -2.20. The fraction of sp³-hybridized carbons (Fsp3) is 0.250. The summed E-state index contributed by atoms with van der Waals surface area (Å²) in [6, 6.07) is 4.77. The normalized spacial score (nSPS) is 13.7. The van der Waals surface area contributed by atoms with Crippen molar-refractivity contribution in [3.8, 4) is 0 Å². The highest BCUT2D eigenvalue weighted by Gasteiger charge is 2.33. The van der Waals surface area contributed by atoms with E-state index in [-0.39, 0.29) is 10.6 Å². The number of hydrogen-bond acceptors (Lipinski definition) is 2. The highest BCUT2D eigenvalue weighted by molar-refractivity contribution is 6.35. The monoisotopic (exact) mass is 291 g/mol. The van der Waals surface area contributed by atoms with Gasteiger partial charge in [-0.05, 0) is 13.0 Å². The van der Waals surface area contributed by atoms with E-state index in [1.165, 1.54) is 23.8 Å². The van der Waals surface area contributed by atoms with E-state index in [9.17, 15) is 18.0 Å². The summed E-state index contributed by atoms with van der Waals surface area (Å²) in [6.07, 6.45) is -4.23. The van der Waals surface area contributed by atoms with Crippen molar-refractivity contribution in [1.29, 1.82) is 0 Å². The molecule has 1 aromatic heterocycles. The SMILES string of the molecule is CC(OC(F)(F)F)n1cc(C=O)c2cccc(Cl)c21. The molecule has 2 rings (SSSR count). The number of benzene rings is 1. The molecule has 0 fully saturated rings. The number of ether oxygens (including phenoxy) is 1. The Bertz CT molecular complexity index is 621. The largest absolute Gasteiger partial charge is 0.524 e. The zero-order valence-corrected chi connectivity index (χ0v) is 10.5. The number of para-hydroxylation sites is 1. The predicted octanol–water partition coefficient (Wildman–Crippen LogP) is 4.16. The van der Waals surface area contributed by atoms with Crippen LogP contribution >= 0.6 is 11.6 Å². The minimum atomic E-state index is -4.77. The molecule has 0 saturated carbocycles. The standard InChI is InChI=1S/C12H9ClF3NO2/c1-7(19-12(14,15)16)17-5-8(6-18)9-3-2-4-10(13)11(9)17/h2-7H,1H3. The lowest BCUT2D eigenvalue weighted by molar-refractivity contribution is -0.351. The molecule has 19 heavy (non-hydrogen) atoms. The van der Waals surface area contributed by atoms with E-state index < -0.39 is 12.6 Å². The summed E-state index contributed by atoms with van der Waals surface area (Å²) in [7, 11) is 0. The van der Waals surface area contributed by atoms with E-state index in [1.54, 1.807) is 12.1 Å². The van der Waals surface area contributed by atoms with Gasteiger partial charge in [0.05, 0.1) is 10.5 Å². The van der Waals surface area contributed by atoms with Gasteiger partial charge in [-0.15, -0.1) is 13.2 Å². The second kappa shape index (κ2) is 4.86. The van der Waals surface area contributed by atoms with Crippen LogP contribution in [0.3, 0.4) is 0 Å². The van der Waals surface area contributed by atoms with Gasteiger partial charge in [0.1, 0.15) is 6.23 Å². The molecule has 102 valence electrons. The Morgan fingerprint density at radius 3 is 2.68 bits per heavy atom. The Labute approximate surface area is 111 Å². The number of carbonyl (C=O) groups is 1. The molecule has 0 saturated heterocycles. The third kappa shape index (κ3) is 2.74. The van der Waals surface area contributed by atoms with Crippen LogP contribution in [-0.2, 0) is 4.74 Å². The minimum Gasteiger partial charge on any atom is -0.319 e. The Kier molecular flexibility index (Phi) is 3.56. The fourth-order valence-electron chi connectivity index (χ4n) is 1.93. The Morgan fingerprint density at radius 1 is 1.42 bits per heavy atom. The first kappa shape index (κ1) is 13.9. The third-order valence-electron chi connectivity index (χ3n) is 2.66. The second-order valence-corrected chi connectivity index (χ2v) is 4.32. The molecule has 0 N–H and O–H groups in total. The zero-order chi connectivity index (χ0) is 14.2. The van der Waals surface area contributed by atoms with Crippen molar-refractivity contribution in [3.05, 3.63) is 35.0 Å². The van der Waals surface area contributed by atoms with Gasteiger partial charge in [0.15, 0.2) is 6.29 Å². The summed E-state index contributed by atoms with van der Waals surface area (Å²) in [5, 5.41) is 0.739. The Balaban J connectivity index is 2.57. The molecule has 0 aliphatic heterocycles. The molecule has 1 aromatic carbocycles. The summed E-state index contributed by atoms with van der Waals surface area (Å²) in [6.45, 7) is 1.23. The Morgan fingerprint density at radius 2 is 2.11 bits per heavy atom. The van der Waals surface area contributed by atoms with Crippen LogP contribution in [0, 0.1) is 0 Å². The molecular formula is C12H9ClF3NO2. The molecule has 0 aliphatic rings. The number of nitrogens with zero attached hydrogens (tertiary/aromatic N) is 1. The van der Waals surface area contributed by atoms with Crippen molar-refractivity contribution in [2.24, 2.45) is 0 Å². The summed E-state index contributed by atoms with van der Waals surface area (Å²) in [5.74, 6) is 0. The predicted molar refractivity (Wildman–Crippen MR) is 64.2 cm³/mol. The lowest BCUT2D eigenvalue weighted by Gasteiger charge is -2.18. The van der Waals surface area contributed by atoms with E-state index in [0.717, 1.165) is 0 Å². The van der Waals surface area contributed by atoms with Gasteiger partial charge in [-0.1, -0.05) is 23.7 Å². The maximum absolute atomic E-state index is 12.2. The number of aldehydes is 1. The molecule has 0 amide bonds. The Hall–Kier alpha value is -1.53. The first-order valence-corrected chi connectivity index (χ1v) is 5.70. The van der Waals surface area contributed by atoms with E-state index in [4.69, 9.17) is 11.6 Å². The van der Waals surface area contributed by atoms with E-state index >= 15 is 0 Å². The number of alkyl halides is 3. The maximum atomic E-state index is 12.2. The molecule has 2 aromatic rings. The van der Waals surface area contributed by atoms with Crippen LogP contribution in [0.25, 0.3) is 10.9 Å². The van der Waals surface area contributed by atoms with Gasteiger partial charge in [0, 0.05) is 17.1 Å². The summed E-state index contributed by atoms with van der Waals surface area (Å²) < 4.78 is 41.9. The van der Waals surface area contributed by atoms with Crippen LogP contribution in [-0.4, -0.2) is 17.2 Å². The molecule has 7 heteroatoms. The number of carbonyl (C=O) groups excluding carboxylic acids is 1. The van der Waals surface area contributed by atoms with Crippen molar-refractivity contribution in [1.82, 2.24) is 4.57 Å². The highest BCUT2D eigenvalue weighted by atomic mass is 35.5. The minimum absolute atomic E-state index is 0.253. The quantitative estimate of drug-likeness (QED) is 0.795. The molecule has 1 heterocycles. The lowest BCUT2D eigenvalue weighted by atomic mass is 10.2. The topological polar surface area (TPSA) is 31.2 Å². The van der Waals surface area contributed by atoms with Crippen molar-refractivity contribution in [3.63, 3.8) is 0 Å². The van der Waals surface area contributed by atoms with E-state index in [1.807, 2.05) is 0 Å². The molecule has 0 radical (unpaired) electrons. The summed E-state index contributed by atoms with van der Waals surface area (Å²) in [4.78, 5) is 10.9. The molecule has 1 unspecified atom stereocenters. The molecular weight excluding hydrogens is 283 g/mol. The van der Waals surface area contributed by atoms with E-state index in [0.29, 0.717) is 17.2 Å². The van der Waals surface area contributed by atoms with Crippen molar-refractivity contribution < 1.29 is 22.7 Å². The van der Waals surface area contributed by atoms with Gasteiger partial charge < -0.3 is 4.57 Å². The number of halogens is 4. The van der Waals surface area contributed by atoms with Crippen LogP contribution in [0.5, 0.6) is 0 Å². The first-order chi connectivity index (χ1) is 8.83. The van der Waals surface area contributed by atoms with Gasteiger partial charge in [-0.25, -0.2) is 0 Å². The number of hydrogen-bond donors (Lipinski definition) is 0. The molecule has 0 bridgehead atoms. The second-order valence-electron chi connectivity index (χ2n) is 3.91. The number of aromatic nitrogens is 1. The zero-order valence-electron chi connectivity index (χ0n) is 9.74. The molecule has 0 spiro atoms. The van der Waals surface area contributed by atoms with E-state index in [2.05, 4.69) is 4.74 Å². The molecule has 3 nitrogen and oxygen atoms in total. The molecule has 1 atom stereocenters. The van der Waals surface area contributed by atoms with Crippen molar-refractivity contribution >= 4 is 28.8 Å². The first-order valence-electron chi connectivity index (χ1n) is 5.32. The van der Waals surface area contributed by atoms with Crippen LogP contribution in [0.2, 0.25) is 5.02 Å². The highest BCUT2D eigenvalue weighted by Crippen LogP contribution is 2.32. The van der Waals surface area contributed by atoms with Gasteiger partial charge >= 0.3 is 6.36 Å². The summed E-state index contributed by atoms with van der Waals surface area (Å²) >= 11 is 5.97. The summed E-state index contributed by atoms with van der Waals surface area (Å²) in [5.41, 5.74) is 0.596. The van der Waals surface area contributed by atoms with Crippen LogP contribution in [0.4, 0.5) is 13.2 Å². The van der Waals surface area contributed by atoms with Gasteiger partial charge in [-0.2, -0.15) is 0 Å². The number of fused-ring (bicyclic) bond motifs is 1. The molecule has 0 aliphatic carbocycles. The fourth-order valence-corrected chi connectivity index (χ4v) is 2.20. The smallest absolute Gasteiger partial charge is 0.319 e. The van der Waals surface area contributed by atoms with Crippen LogP contribution in [0.1, 0.15) is 23.5 Å². The van der Waals surface area contributed by atoms with Crippen LogP contribution < -0.4 is 0 Å². The van der Waals surface area contributed by atoms with Gasteiger partial charge in [0.25, 0.3) is 0 Å². The van der Waals surface area contributed by atoms with Gasteiger partial charge in [0.2, 0.25) is 0 Å². The van der Waals surface area contributed by atoms with Crippen LogP contribution in [0.15, 0.2) is 24.4 Å². The van der Waals surface area contributed by atoms with Gasteiger partial charge in [-0.3, -0.25) is 9.53 Å². The number of rotatable bonds is 3. The maximum Gasteiger partial charge on any atom is 0.524 e. The average molecular weight is 292 g/mol. The van der Waals surface area contributed by atoms with Crippen molar-refractivity contribution in [2.45, 2.75) is 19.5 Å². The average Bonchev–Trinajstić information content (AvgIpc) is 2.67. The third-order valence-corrected chi connectivity index (χ3v) is 2.96. The van der Waals surface area contributed by atoms with Crippen molar-refractivity contribution in [2.75, 3.05) is 0 Å².